The number of imidazole rings is 1. The van der Waals surface area contributed by atoms with Crippen LogP contribution in [0.25, 0.3) is 22.3 Å². The van der Waals surface area contributed by atoms with Crippen LogP contribution in [0.1, 0.15) is 35.3 Å². The molecule has 0 unspecified atom stereocenters. The molecule has 12 nitrogen and oxygen atoms in total. The Morgan fingerprint density at radius 3 is 2.91 bits per heavy atom. The third kappa shape index (κ3) is 7.20. The normalized spacial score (nSPS) is 14.0. The van der Waals surface area contributed by atoms with Crippen LogP contribution in [0.15, 0.2) is 48.7 Å². The van der Waals surface area contributed by atoms with Crippen LogP contribution in [0.4, 0.5) is 5.95 Å². The van der Waals surface area contributed by atoms with Crippen LogP contribution in [0.3, 0.4) is 0 Å². The number of nitrogens with one attached hydrogen (secondary N) is 2. The highest BCUT2D eigenvalue weighted by atomic mass is 16.5. The molecule has 0 aliphatic carbocycles. The number of pyridine rings is 1. The van der Waals surface area contributed by atoms with Gasteiger partial charge in [0, 0.05) is 37.5 Å². The molecule has 2 N–H and O–H groups in total. The van der Waals surface area contributed by atoms with Crippen molar-refractivity contribution in [1.29, 1.82) is 0 Å². The van der Waals surface area contributed by atoms with Crippen molar-refractivity contribution in [2.24, 2.45) is 7.05 Å². The van der Waals surface area contributed by atoms with Gasteiger partial charge in [-0.15, -0.1) is 0 Å². The molecule has 1 aromatic carbocycles. The average molecular weight is 587 g/mol. The molecular formula is C31H38N8O4. The first-order valence-electron chi connectivity index (χ1n) is 14.5. The van der Waals surface area contributed by atoms with Gasteiger partial charge in [0.2, 0.25) is 17.7 Å². The maximum atomic E-state index is 13.6. The van der Waals surface area contributed by atoms with E-state index in [0.29, 0.717) is 66.3 Å². The molecule has 4 aromatic rings. The van der Waals surface area contributed by atoms with E-state index in [1.807, 2.05) is 61.8 Å². The number of nitrogens with zero attached hydrogens (tertiary/aromatic N) is 6. The van der Waals surface area contributed by atoms with Gasteiger partial charge in [-0.3, -0.25) is 19.9 Å². The second kappa shape index (κ2) is 13.5. The van der Waals surface area contributed by atoms with Crippen LogP contribution in [0, 0.1) is 6.92 Å². The quantitative estimate of drug-likeness (QED) is 0.249. The number of aromatic nitrogens is 5. The Hall–Kier alpha value is -4.71. The Labute approximate surface area is 250 Å². The lowest BCUT2D eigenvalue weighted by molar-refractivity contribution is -0.116. The number of hydrogen-bond donors (Lipinski definition) is 2. The Morgan fingerprint density at radius 1 is 1.21 bits per heavy atom. The highest BCUT2D eigenvalue weighted by Crippen LogP contribution is 2.32. The molecular weight excluding hydrogens is 548 g/mol. The molecule has 0 saturated heterocycles. The summed E-state index contributed by atoms with van der Waals surface area (Å²) in [5.41, 5.74) is 4.02. The first-order chi connectivity index (χ1) is 20.8. The lowest BCUT2D eigenvalue weighted by atomic mass is 10.1. The van der Waals surface area contributed by atoms with Gasteiger partial charge in [0.05, 0.1) is 36.1 Å². The molecule has 0 atom stereocenters. The van der Waals surface area contributed by atoms with E-state index in [2.05, 4.69) is 20.7 Å². The van der Waals surface area contributed by atoms with E-state index in [-0.39, 0.29) is 18.4 Å². The van der Waals surface area contributed by atoms with Crippen LogP contribution >= 0.6 is 0 Å². The van der Waals surface area contributed by atoms with E-state index in [1.165, 1.54) is 6.08 Å². The number of rotatable bonds is 7. The molecule has 0 spiro atoms. The summed E-state index contributed by atoms with van der Waals surface area (Å²) in [6.45, 7) is 4.33. The zero-order valence-electron chi connectivity index (χ0n) is 25.1. The number of ether oxygens (including phenoxy) is 2. The molecule has 2 bridgehead atoms. The SMILES string of the molecule is Cc1cc2cc(n1)-c1cnn(C)c1OCCCCCn1c(nc3cccc(OCCNC(=O)/C=C/CN(C)C)c31)NC2=O. The largest absolute Gasteiger partial charge is 0.489 e. The van der Waals surface area contributed by atoms with Crippen molar-refractivity contribution in [3.63, 3.8) is 0 Å². The number of benzene rings is 1. The number of hydrogen-bond acceptors (Lipinski definition) is 8. The molecule has 3 aromatic heterocycles. The van der Waals surface area contributed by atoms with Crippen LogP contribution in [-0.4, -0.2) is 81.4 Å². The summed E-state index contributed by atoms with van der Waals surface area (Å²) < 4.78 is 15.9. The predicted octanol–water partition coefficient (Wildman–Crippen LogP) is 3.57. The summed E-state index contributed by atoms with van der Waals surface area (Å²) in [6.07, 6.45) is 7.64. The van der Waals surface area contributed by atoms with Crippen LogP contribution in [0.5, 0.6) is 11.6 Å². The molecule has 0 radical (unpaired) electrons. The number of carbonyl (C=O) groups excluding carboxylic acids is 2. The Kier molecular flexibility index (Phi) is 9.35. The van der Waals surface area contributed by atoms with Crippen molar-refractivity contribution >= 4 is 28.8 Å². The van der Waals surface area contributed by atoms with Gasteiger partial charge in [0.15, 0.2) is 0 Å². The minimum absolute atomic E-state index is 0.166. The zero-order chi connectivity index (χ0) is 30.3. The molecule has 226 valence electrons. The lowest BCUT2D eigenvalue weighted by Gasteiger charge is -2.13. The Morgan fingerprint density at radius 2 is 2.07 bits per heavy atom. The van der Waals surface area contributed by atoms with Gasteiger partial charge < -0.3 is 24.3 Å². The van der Waals surface area contributed by atoms with Crippen LogP contribution in [0.2, 0.25) is 0 Å². The average Bonchev–Trinajstić information content (AvgIpc) is 3.51. The van der Waals surface area contributed by atoms with Gasteiger partial charge in [-0.25, -0.2) is 9.67 Å². The Balaban J connectivity index is 1.40. The molecule has 2 amide bonds. The monoisotopic (exact) mass is 586 g/mol. The topological polar surface area (TPSA) is 128 Å². The molecule has 0 fully saturated rings. The minimum atomic E-state index is -0.294. The number of amides is 2. The fourth-order valence-electron chi connectivity index (χ4n) is 4.95. The molecule has 0 saturated carbocycles. The Bertz CT molecular complexity index is 1640. The van der Waals surface area contributed by atoms with Gasteiger partial charge in [-0.1, -0.05) is 12.1 Å². The fourth-order valence-corrected chi connectivity index (χ4v) is 4.95. The molecule has 43 heavy (non-hydrogen) atoms. The van der Waals surface area contributed by atoms with Crippen molar-refractivity contribution in [2.45, 2.75) is 32.7 Å². The van der Waals surface area contributed by atoms with Crippen molar-refractivity contribution in [2.75, 3.05) is 45.7 Å². The van der Waals surface area contributed by atoms with Gasteiger partial charge >= 0.3 is 0 Å². The van der Waals surface area contributed by atoms with E-state index in [0.717, 1.165) is 30.3 Å². The summed E-state index contributed by atoms with van der Waals surface area (Å²) in [5, 5.41) is 10.2. The maximum absolute atomic E-state index is 13.6. The number of anilines is 1. The van der Waals surface area contributed by atoms with Gasteiger partial charge in [-0.2, -0.15) is 5.10 Å². The number of para-hydroxylation sites is 1. The third-order valence-corrected chi connectivity index (χ3v) is 6.99. The smallest absolute Gasteiger partial charge is 0.258 e. The predicted molar refractivity (Wildman–Crippen MR) is 164 cm³/mol. The minimum Gasteiger partial charge on any atom is -0.489 e. The molecule has 1 aliphatic rings. The number of fused-ring (bicyclic) bond motifs is 7. The van der Waals surface area contributed by atoms with E-state index in [1.54, 1.807) is 23.0 Å². The zero-order valence-corrected chi connectivity index (χ0v) is 25.1. The summed E-state index contributed by atoms with van der Waals surface area (Å²) in [4.78, 5) is 37.1. The van der Waals surface area contributed by atoms with Crippen LogP contribution in [-0.2, 0) is 18.4 Å². The van der Waals surface area contributed by atoms with Crippen molar-refractivity contribution < 1.29 is 19.1 Å². The van der Waals surface area contributed by atoms with Crippen molar-refractivity contribution in [1.82, 2.24) is 34.5 Å². The van der Waals surface area contributed by atoms with Gasteiger partial charge in [0.1, 0.15) is 17.9 Å². The summed E-state index contributed by atoms with van der Waals surface area (Å²) in [5.74, 6) is 1.24. The van der Waals surface area contributed by atoms with Gasteiger partial charge in [0.25, 0.3) is 5.91 Å². The number of carbonyl (C=O) groups is 2. The summed E-state index contributed by atoms with van der Waals surface area (Å²) in [6, 6.07) is 9.15. The van der Waals surface area contributed by atoms with E-state index in [4.69, 9.17) is 14.5 Å². The van der Waals surface area contributed by atoms with Crippen molar-refractivity contribution in [3.8, 4) is 22.9 Å². The van der Waals surface area contributed by atoms with Crippen LogP contribution < -0.4 is 20.1 Å². The van der Waals surface area contributed by atoms with Crippen molar-refractivity contribution in [3.05, 3.63) is 59.9 Å². The van der Waals surface area contributed by atoms with E-state index < -0.39 is 0 Å². The second-order valence-electron chi connectivity index (χ2n) is 10.7. The molecule has 5 rings (SSSR count). The first-order valence-corrected chi connectivity index (χ1v) is 14.5. The highest BCUT2D eigenvalue weighted by Gasteiger charge is 2.21. The third-order valence-electron chi connectivity index (χ3n) is 6.99. The molecule has 12 heteroatoms. The fraction of sp³-hybridized carbons (Fsp3) is 0.387. The van der Waals surface area contributed by atoms with E-state index in [9.17, 15) is 9.59 Å². The highest BCUT2D eigenvalue weighted by molar-refractivity contribution is 6.05. The molecule has 1 aliphatic heterocycles. The lowest BCUT2D eigenvalue weighted by Crippen LogP contribution is -2.26. The first kappa shape index (κ1) is 29.8. The number of likely N-dealkylation sites (N-methyl/N-ethyl adjacent to an activating group) is 1. The number of aryl methyl sites for hydroxylation is 3. The second-order valence-corrected chi connectivity index (χ2v) is 10.7. The molecule has 4 heterocycles. The maximum Gasteiger partial charge on any atom is 0.258 e. The van der Waals surface area contributed by atoms with E-state index >= 15 is 0 Å². The summed E-state index contributed by atoms with van der Waals surface area (Å²) in [7, 11) is 5.72. The van der Waals surface area contributed by atoms with Gasteiger partial charge in [-0.05, 0) is 64.5 Å². The summed E-state index contributed by atoms with van der Waals surface area (Å²) >= 11 is 0. The standard InChI is InChI=1S/C31H38N8O4/c1-21-18-22-19-25(34-21)23-20-33-38(4)30(23)43-16-7-5-6-15-39-28-24(35-31(39)36-29(22)41)10-8-11-26(28)42-17-13-32-27(40)12-9-14-37(2)3/h8-12,18-20H,5-7,13-17H2,1-4H3,(H,32,40)(H,35,36,41)/b12-9+.